The predicted octanol–water partition coefficient (Wildman–Crippen LogP) is 1.98. The molecule has 0 spiro atoms. The zero-order valence-corrected chi connectivity index (χ0v) is 7.56. The molecule has 0 saturated heterocycles. The maximum atomic E-state index is 10.5. The average Bonchev–Trinajstić information content (AvgIpc) is 2.48. The van der Waals surface area contributed by atoms with Crippen molar-refractivity contribution in [2.24, 2.45) is 0 Å². The fraction of sp³-hybridized carbons (Fsp3) is 0.375. The SMILES string of the molecule is CCOCc1ccc(C(=O)O)s1. The molecule has 0 bridgehead atoms. The number of aromatic carboxylic acids is 1. The summed E-state index contributed by atoms with van der Waals surface area (Å²) in [4.78, 5) is 11.8. The zero-order valence-electron chi connectivity index (χ0n) is 6.74. The lowest BCUT2D eigenvalue weighted by atomic mass is 10.4. The lowest BCUT2D eigenvalue weighted by Gasteiger charge is -1.94. The van der Waals surface area contributed by atoms with Gasteiger partial charge < -0.3 is 9.84 Å². The van der Waals surface area contributed by atoms with Crippen LogP contribution < -0.4 is 0 Å². The molecule has 12 heavy (non-hydrogen) atoms. The molecule has 66 valence electrons. The first kappa shape index (κ1) is 9.22. The van der Waals surface area contributed by atoms with Crippen molar-refractivity contribution in [2.75, 3.05) is 6.61 Å². The van der Waals surface area contributed by atoms with Crippen LogP contribution in [0.15, 0.2) is 12.1 Å². The third-order valence-corrected chi connectivity index (χ3v) is 2.37. The minimum atomic E-state index is -0.872. The molecular formula is C8H10O3S. The van der Waals surface area contributed by atoms with E-state index in [0.29, 0.717) is 18.1 Å². The van der Waals surface area contributed by atoms with Gasteiger partial charge in [-0.05, 0) is 19.1 Å². The summed E-state index contributed by atoms with van der Waals surface area (Å²) < 4.78 is 5.13. The summed E-state index contributed by atoms with van der Waals surface area (Å²) in [6.07, 6.45) is 0. The van der Waals surface area contributed by atoms with Crippen LogP contribution in [-0.4, -0.2) is 17.7 Å². The van der Waals surface area contributed by atoms with Gasteiger partial charge in [-0.25, -0.2) is 4.79 Å². The van der Waals surface area contributed by atoms with Crippen molar-refractivity contribution in [3.63, 3.8) is 0 Å². The Kier molecular flexibility index (Phi) is 3.25. The van der Waals surface area contributed by atoms with E-state index < -0.39 is 5.97 Å². The third-order valence-electron chi connectivity index (χ3n) is 1.32. The summed E-state index contributed by atoms with van der Waals surface area (Å²) >= 11 is 1.26. The third kappa shape index (κ3) is 2.32. The van der Waals surface area contributed by atoms with Gasteiger partial charge >= 0.3 is 5.97 Å². The van der Waals surface area contributed by atoms with Crippen LogP contribution in [-0.2, 0) is 11.3 Å². The summed E-state index contributed by atoms with van der Waals surface area (Å²) in [7, 11) is 0. The highest BCUT2D eigenvalue weighted by Crippen LogP contribution is 2.16. The molecule has 1 aromatic heterocycles. The van der Waals surface area contributed by atoms with E-state index in [4.69, 9.17) is 9.84 Å². The summed E-state index contributed by atoms with van der Waals surface area (Å²) in [5, 5.41) is 8.59. The predicted molar refractivity (Wildman–Crippen MR) is 46.6 cm³/mol. The molecule has 0 amide bonds. The molecule has 0 aliphatic rings. The highest BCUT2D eigenvalue weighted by molar-refractivity contribution is 7.13. The van der Waals surface area contributed by atoms with Gasteiger partial charge in [0.15, 0.2) is 0 Å². The Hall–Kier alpha value is -0.870. The van der Waals surface area contributed by atoms with Crippen molar-refractivity contribution >= 4 is 17.3 Å². The minimum Gasteiger partial charge on any atom is -0.477 e. The molecule has 0 fully saturated rings. The fourth-order valence-electron chi connectivity index (χ4n) is 0.773. The van der Waals surface area contributed by atoms with Crippen LogP contribution >= 0.6 is 11.3 Å². The second-order valence-electron chi connectivity index (χ2n) is 2.21. The Morgan fingerprint density at radius 3 is 2.92 bits per heavy atom. The highest BCUT2D eigenvalue weighted by Gasteiger charge is 2.05. The van der Waals surface area contributed by atoms with E-state index in [2.05, 4.69) is 0 Å². The van der Waals surface area contributed by atoms with Gasteiger partial charge in [0.2, 0.25) is 0 Å². The van der Waals surface area contributed by atoms with E-state index in [9.17, 15) is 4.79 Å². The molecular weight excluding hydrogens is 176 g/mol. The molecule has 3 nitrogen and oxygen atoms in total. The highest BCUT2D eigenvalue weighted by atomic mass is 32.1. The van der Waals surface area contributed by atoms with Crippen LogP contribution in [0.1, 0.15) is 21.5 Å². The molecule has 0 atom stereocenters. The number of carboxylic acid groups (broad SMARTS) is 1. The first-order valence-corrected chi connectivity index (χ1v) is 4.45. The maximum absolute atomic E-state index is 10.5. The molecule has 0 aliphatic carbocycles. The topological polar surface area (TPSA) is 46.5 Å². The minimum absolute atomic E-state index is 0.365. The Balaban J connectivity index is 2.58. The van der Waals surface area contributed by atoms with Crippen molar-refractivity contribution in [1.29, 1.82) is 0 Å². The lowest BCUT2D eigenvalue weighted by Crippen LogP contribution is -1.90. The summed E-state index contributed by atoms with van der Waals surface area (Å²) in [6.45, 7) is 3.07. The largest absolute Gasteiger partial charge is 0.477 e. The smallest absolute Gasteiger partial charge is 0.345 e. The fourth-order valence-corrected chi connectivity index (χ4v) is 1.56. The van der Waals surface area contributed by atoms with Crippen LogP contribution in [0, 0.1) is 0 Å². The van der Waals surface area contributed by atoms with Crippen molar-refractivity contribution in [3.8, 4) is 0 Å². The van der Waals surface area contributed by atoms with Crippen molar-refractivity contribution in [1.82, 2.24) is 0 Å². The number of carboxylic acids is 1. The van der Waals surface area contributed by atoms with Crippen LogP contribution in [0.4, 0.5) is 0 Å². The molecule has 4 heteroatoms. The Morgan fingerprint density at radius 1 is 1.67 bits per heavy atom. The zero-order chi connectivity index (χ0) is 8.97. The van der Waals surface area contributed by atoms with E-state index in [1.807, 2.05) is 6.92 Å². The van der Waals surface area contributed by atoms with E-state index in [1.54, 1.807) is 12.1 Å². The molecule has 0 aromatic carbocycles. The van der Waals surface area contributed by atoms with Crippen LogP contribution in [0.5, 0.6) is 0 Å². The van der Waals surface area contributed by atoms with Crippen molar-refractivity contribution < 1.29 is 14.6 Å². The Labute approximate surface area is 74.6 Å². The molecule has 0 aliphatic heterocycles. The van der Waals surface area contributed by atoms with Gasteiger partial charge in [0.25, 0.3) is 0 Å². The normalized spacial score (nSPS) is 10.1. The van der Waals surface area contributed by atoms with E-state index in [0.717, 1.165) is 4.88 Å². The summed E-state index contributed by atoms with van der Waals surface area (Å²) in [6, 6.07) is 3.38. The van der Waals surface area contributed by atoms with Crippen LogP contribution in [0.3, 0.4) is 0 Å². The van der Waals surface area contributed by atoms with Crippen LogP contribution in [0.25, 0.3) is 0 Å². The quantitative estimate of drug-likeness (QED) is 0.782. The van der Waals surface area contributed by atoms with Gasteiger partial charge in [0, 0.05) is 11.5 Å². The second kappa shape index (κ2) is 4.23. The first-order valence-electron chi connectivity index (χ1n) is 3.63. The number of rotatable bonds is 4. The summed E-state index contributed by atoms with van der Waals surface area (Å²) in [5.41, 5.74) is 0. The standard InChI is InChI=1S/C8H10O3S/c1-2-11-5-6-3-4-7(12-6)8(9)10/h3-4H,2,5H2,1H3,(H,9,10). The van der Waals surface area contributed by atoms with Gasteiger partial charge in [0.1, 0.15) is 4.88 Å². The van der Waals surface area contributed by atoms with Crippen LogP contribution in [0.2, 0.25) is 0 Å². The Bertz CT molecular complexity index is 267. The average molecular weight is 186 g/mol. The lowest BCUT2D eigenvalue weighted by molar-refractivity contribution is 0.0702. The van der Waals surface area contributed by atoms with E-state index in [1.165, 1.54) is 11.3 Å². The number of carbonyl (C=O) groups is 1. The number of thiophene rings is 1. The maximum Gasteiger partial charge on any atom is 0.345 e. The number of hydrogen-bond donors (Lipinski definition) is 1. The second-order valence-corrected chi connectivity index (χ2v) is 3.38. The molecule has 1 heterocycles. The van der Waals surface area contributed by atoms with Gasteiger partial charge in [-0.3, -0.25) is 0 Å². The van der Waals surface area contributed by atoms with Gasteiger partial charge in [-0.1, -0.05) is 0 Å². The number of ether oxygens (including phenoxy) is 1. The molecule has 1 aromatic rings. The monoisotopic (exact) mass is 186 g/mol. The molecule has 1 rings (SSSR count). The van der Waals surface area contributed by atoms with E-state index in [-0.39, 0.29) is 0 Å². The van der Waals surface area contributed by atoms with Crippen molar-refractivity contribution in [2.45, 2.75) is 13.5 Å². The molecule has 1 N–H and O–H groups in total. The molecule has 0 unspecified atom stereocenters. The van der Waals surface area contributed by atoms with Gasteiger partial charge in [-0.15, -0.1) is 11.3 Å². The van der Waals surface area contributed by atoms with Gasteiger partial charge in [-0.2, -0.15) is 0 Å². The number of hydrogen-bond acceptors (Lipinski definition) is 3. The Morgan fingerprint density at radius 2 is 2.42 bits per heavy atom. The first-order chi connectivity index (χ1) is 5.74. The molecule has 0 saturated carbocycles. The van der Waals surface area contributed by atoms with E-state index >= 15 is 0 Å². The van der Waals surface area contributed by atoms with Gasteiger partial charge in [0.05, 0.1) is 6.61 Å². The summed E-state index contributed by atoms with van der Waals surface area (Å²) in [5.74, 6) is -0.872. The van der Waals surface area contributed by atoms with Crippen molar-refractivity contribution in [3.05, 3.63) is 21.9 Å². The molecule has 0 radical (unpaired) electrons.